The van der Waals surface area contributed by atoms with Gasteiger partial charge in [0, 0.05) is 26.2 Å². The maximum absolute atomic E-state index is 13.4. The molecular weight excluding hydrogens is 388 g/mol. The van der Waals surface area contributed by atoms with Crippen molar-refractivity contribution in [1.29, 1.82) is 0 Å². The van der Waals surface area contributed by atoms with Crippen LogP contribution in [-0.4, -0.2) is 54.4 Å². The van der Waals surface area contributed by atoms with Crippen molar-refractivity contribution in [3.8, 4) is 0 Å². The molecule has 31 heavy (non-hydrogen) atoms. The summed E-state index contributed by atoms with van der Waals surface area (Å²) in [7, 11) is 3.83. The molecule has 0 fully saturated rings. The van der Waals surface area contributed by atoms with Crippen molar-refractivity contribution < 1.29 is 9.90 Å². The van der Waals surface area contributed by atoms with Crippen LogP contribution in [0.1, 0.15) is 49.0 Å². The van der Waals surface area contributed by atoms with E-state index in [-0.39, 0.29) is 17.6 Å². The molecule has 0 saturated heterocycles. The van der Waals surface area contributed by atoms with E-state index in [0.717, 1.165) is 53.9 Å². The molecule has 2 heterocycles. The van der Waals surface area contributed by atoms with Crippen LogP contribution in [0.3, 0.4) is 0 Å². The molecule has 6 nitrogen and oxygen atoms in total. The average Bonchev–Trinajstić information content (AvgIpc) is 3.23. The zero-order valence-electron chi connectivity index (χ0n) is 18.8. The topological polar surface area (TPSA) is 67.8 Å². The molecule has 6 heteroatoms. The molecule has 2 aliphatic heterocycles. The highest BCUT2D eigenvalue weighted by atomic mass is 16.3. The van der Waals surface area contributed by atoms with E-state index < -0.39 is 6.10 Å². The number of aliphatic hydroxyl groups is 1. The number of benzene rings is 1. The Morgan fingerprint density at radius 3 is 2.94 bits per heavy atom. The van der Waals surface area contributed by atoms with Crippen molar-refractivity contribution in [2.45, 2.75) is 57.3 Å². The van der Waals surface area contributed by atoms with Crippen molar-refractivity contribution >= 4 is 23.0 Å². The fourth-order valence-corrected chi connectivity index (χ4v) is 5.49. The molecule has 164 valence electrons. The molecule has 0 aromatic heterocycles. The molecule has 1 aromatic carbocycles. The third-order valence-corrected chi connectivity index (χ3v) is 7.18. The Labute approximate surface area is 184 Å². The minimum atomic E-state index is -0.555. The number of hydrogen-bond donors (Lipinski definition) is 3. The molecule has 1 spiro atoms. The number of anilines is 3. The SMILES string of the molecule is CC1Nc2c(cc(C(=O)N(C)C[C@H](C)O)c3c2NC2(C=C4CC=CC=C4C2)CC3)N1C. The van der Waals surface area contributed by atoms with E-state index in [0.29, 0.717) is 6.54 Å². The van der Waals surface area contributed by atoms with E-state index in [1.165, 1.54) is 11.1 Å². The summed E-state index contributed by atoms with van der Waals surface area (Å²) in [5.74, 6) is -0.0315. The molecule has 0 bridgehead atoms. The van der Waals surface area contributed by atoms with Crippen LogP contribution in [0.5, 0.6) is 0 Å². The lowest BCUT2D eigenvalue weighted by atomic mass is 9.82. The van der Waals surface area contributed by atoms with Crippen LogP contribution in [0.4, 0.5) is 17.1 Å². The summed E-state index contributed by atoms with van der Waals surface area (Å²) < 4.78 is 0. The van der Waals surface area contributed by atoms with Gasteiger partial charge in [0.05, 0.1) is 34.9 Å². The fourth-order valence-electron chi connectivity index (χ4n) is 5.49. The number of aliphatic hydroxyl groups excluding tert-OH is 1. The number of carbonyl (C=O) groups is 1. The maximum Gasteiger partial charge on any atom is 0.254 e. The number of fused-ring (bicyclic) bond motifs is 4. The summed E-state index contributed by atoms with van der Waals surface area (Å²) in [4.78, 5) is 17.2. The molecule has 2 aliphatic carbocycles. The standard InChI is InChI=1S/C25H32N4O2/c1-15(30)14-28(3)24(31)20-11-21-23(26-16(2)29(21)4)22-19(20)9-10-25(27-22)12-17-7-5-6-8-18(17)13-25/h5-7,11,13,15-16,26-27,30H,8-10,12,14H2,1-4H3/t15-,16?,25?/m0/s1. The summed E-state index contributed by atoms with van der Waals surface area (Å²) >= 11 is 0. The van der Waals surface area contributed by atoms with E-state index >= 15 is 0 Å². The summed E-state index contributed by atoms with van der Waals surface area (Å²) in [5, 5.41) is 17.3. The van der Waals surface area contributed by atoms with Gasteiger partial charge < -0.3 is 25.5 Å². The third kappa shape index (κ3) is 3.24. The highest BCUT2D eigenvalue weighted by Gasteiger charge is 2.42. The maximum atomic E-state index is 13.4. The first-order valence-electron chi connectivity index (χ1n) is 11.3. The summed E-state index contributed by atoms with van der Waals surface area (Å²) in [6, 6.07) is 2.03. The molecule has 4 aliphatic rings. The first-order chi connectivity index (χ1) is 14.8. The van der Waals surface area contributed by atoms with E-state index in [4.69, 9.17) is 0 Å². The lowest BCUT2D eigenvalue weighted by Gasteiger charge is -2.38. The first kappa shape index (κ1) is 20.2. The predicted molar refractivity (Wildman–Crippen MR) is 126 cm³/mol. The van der Waals surface area contributed by atoms with Gasteiger partial charge in [-0.3, -0.25) is 4.79 Å². The molecule has 0 saturated carbocycles. The van der Waals surface area contributed by atoms with Crippen molar-refractivity contribution in [3.63, 3.8) is 0 Å². The summed E-state index contributed by atoms with van der Waals surface area (Å²) in [6.45, 7) is 4.16. The van der Waals surface area contributed by atoms with Gasteiger partial charge in [-0.25, -0.2) is 0 Å². The second-order valence-electron chi connectivity index (χ2n) is 9.59. The second kappa shape index (κ2) is 7.16. The minimum Gasteiger partial charge on any atom is -0.392 e. The van der Waals surface area contributed by atoms with Crippen molar-refractivity contribution in [1.82, 2.24) is 4.90 Å². The number of hydrogen-bond acceptors (Lipinski definition) is 5. The molecule has 1 aromatic rings. The second-order valence-corrected chi connectivity index (χ2v) is 9.59. The van der Waals surface area contributed by atoms with Gasteiger partial charge in [0.15, 0.2) is 0 Å². The summed E-state index contributed by atoms with van der Waals surface area (Å²) in [5.41, 5.74) is 7.81. The van der Waals surface area contributed by atoms with Crippen molar-refractivity contribution in [2.24, 2.45) is 0 Å². The molecule has 3 N–H and O–H groups in total. The normalized spacial score (nSPS) is 26.4. The average molecular weight is 421 g/mol. The van der Waals surface area contributed by atoms with Crippen LogP contribution < -0.4 is 15.5 Å². The van der Waals surface area contributed by atoms with Gasteiger partial charge in [0.25, 0.3) is 5.91 Å². The monoisotopic (exact) mass is 420 g/mol. The lowest BCUT2D eigenvalue weighted by molar-refractivity contribution is 0.0702. The Kier molecular flexibility index (Phi) is 4.66. The van der Waals surface area contributed by atoms with E-state index in [9.17, 15) is 9.90 Å². The zero-order chi connectivity index (χ0) is 21.9. The first-order valence-corrected chi connectivity index (χ1v) is 11.3. The van der Waals surface area contributed by atoms with E-state index in [1.807, 2.05) is 6.07 Å². The van der Waals surface area contributed by atoms with Gasteiger partial charge in [0.1, 0.15) is 0 Å². The van der Waals surface area contributed by atoms with Crippen LogP contribution in [-0.2, 0) is 6.42 Å². The zero-order valence-corrected chi connectivity index (χ0v) is 18.8. The molecular formula is C25H32N4O2. The van der Waals surface area contributed by atoms with Gasteiger partial charge >= 0.3 is 0 Å². The van der Waals surface area contributed by atoms with E-state index in [1.54, 1.807) is 18.9 Å². The largest absolute Gasteiger partial charge is 0.392 e. The molecule has 5 rings (SSSR count). The van der Waals surface area contributed by atoms with Crippen LogP contribution in [0.2, 0.25) is 0 Å². The Hall–Kier alpha value is -2.73. The van der Waals surface area contributed by atoms with Crippen molar-refractivity contribution in [2.75, 3.05) is 36.2 Å². The van der Waals surface area contributed by atoms with Crippen molar-refractivity contribution in [3.05, 3.63) is 52.6 Å². The number of likely N-dealkylation sites (N-methyl/N-ethyl adjacent to an activating group) is 1. The number of rotatable bonds is 3. The van der Waals surface area contributed by atoms with Crippen LogP contribution in [0.15, 0.2) is 41.5 Å². The predicted octanol–water partition coefficient (Wildman–Crippen LogP) is 3.66. The number of allylic oxidation sites excluding steroid dienone is 4. The number of amides is 1. The van der Waals surface area contributed by atoms with Gasteiger partial charge in [-0.1, -0.05) is 24.3 Å². The molecule has 1 amide bonds. The molecule has 0 radical (unpaired) electrons. The number of nitrogens with one attached hydrogen (secondary N) is 2. The smallest absolute Gasteiger partial charge is 0.254 e. The number of nitrogens with zero attached hydrogens (tertiary/aromatic N) is 2. The van der Waals surface area contributed by atoms with E-state index in [2.05, 4.69) is 53.8 Å². The third-order valence-electron chi connectivity index (χ3n) is 7.18. The minimum absolute atomic E-state index is 0.0315. The van der Waals surface area contributed by atoms with Crippen LogP contribution in [0, 0.1) is 0 Å². The van der Waals surface area contributed by atoms with Gasteiger partial charge in [0.2, 0.25) is 0 Å². The Morgan fingerprint density at radius 1 is 1.39 bits per heavy atom. The number of carbonyl (C=O) groups excluding carboxylic acids is 1. The van der Waals surface area contributed by atoms with Gasteiger partial charge in [-0.2, -0.15) is 0 Å². The fraction of sp³-hybridized carbons (Fsp3) is 0.480. The lowest BCUT2D eigenvalue weighted by Crippen LogP contribution is -2.40. The highest BCUT2D eigenvalue weighted by Crippen LogP contribution is 2.51. The summed E-state index contributed by atoms with van der Waals surface area (Å²) in [6.07, 6.45) is 12.5. The molecule has 3 atom stereocenters. The quantitative estimate of drug-likeness (QED) is 0.696. The van der Waals surface area contributed by atoms with Crippen LogP contribution >= 0.6 is 0 Å². The van der Waals surface area contributed by atoms with Crippen LogP contribution in [0.25, 0.3) is 0 Å². The molecule has 2 unspecified atom stereocenters. The Bertz CT molecular complexity index is 1040. The Morgan fingerprint density at radius 2 is 2.19 bits per heavy atom. The van der Waals surface area contributed by atoms with Gasteiger partial charge in [-0.05, 0) is 62.3 Å². The highest BCUT2D eigenvalue weighted by molar-refractivity contribution is 6.03. The van der Waals surface area contributed by atoms with Gasteiger partial charge in [-0.15, -0.1) is 0 Å². The Balaban J connectivity index is 1.58.